The molecule has 92 valence electrons. The summed E-state index contributed by atoms with van der Waals surface area (Å²) >= 11 is 0. The van der Waals surface area contributed by atoms with Gasteiger partial charge >= 0.3 is 0 Å². The number of hydrogen-bond donors (Lipinski definition) is 0. The molecule has 2 heterocycles. The van der Waals surface area contributed by atoms with Gasteiger partial charge < -0.3 is 9.15 Å². The highest BCUT2D eigenvalue weighted by atomic mass is 16.5. The van der Waals surface area contributed by atoms with E-state index in [1.165, 1.54) is 0 Å². The largest absolute Gasteiger partial charge is 0.466 e. The molecular formula is C11H16N4O2. The van der Waals surface area contributed by atoms with Crippen molar-refractivity contribution in [2.75, 3.05) is 0 Å². The summed E-state index contributed by atoms with van der Waals surface area (Å²) in [6.45, 7) is 7.79. The van der Waals surface area contributed by atoms with E-state index in [-0.39, 0.29) is 6.61 Å². The maximum atomic E-state index is 5.29. The smallest absolute Gasteiger partial charge is 0.253 e. The number of rotatable bonds is 3. The number of aromatic nitrogens is 4. The fourth-order valence-corrected chi connectivity index (χ4v) is 0.987. The molecule has 0 unspecified atom stereocenters. The standard InChI is InChI=1S/C9H10N4O2.C2H6/c1-6-3-11-8(4-10-6)14-5-9-13-12-7(2)15-9;1-2/h3-4H,5H2,1-2H3;1-2H3. The Morgan fingerprint density at radius 2 is 1.88 bits per heavy atom. The van der Waals surface area contributed by atoms with Gasteiger partial charge in [0.15, 0.2) is 6.61 Å². The molecule has 0 aliphatic carbocycles. The van der Waals surface area contributed by atoms with E-state index in [0.717, 1.165) is 5.69 Å². The van der Waals surface area contributed by atoms with Gasteiger partial charge in [0.2, 0.25) is 11.8 Å². The predicted octanol–water partition coefficient (Wildman–Crippen LogP) is 2.08. The second-order valence-electron chi connectivity index (χ2n) is 3.00. The molecule has 0 aromatic carbocycles. The molecule has 6 heteroatoms. The van der Waals surface area contributed by atoms with Crippen molar-refractivity contribution in [1.82, 2.24) is 20.2 Å². The summed E-state index contributed by atoms with van der Waals surface area (Å²) in [5.41, 5.74) is 0.844. The van der Waals surface area contributed by atoms with Crippen molar-refractivity contribution in [3.05, 3.63) is 29.9 Å². The molecule has 2 aromatic heterocycles. The van der Waals surface area contributed by atoms with E-state index in [1.807, 2.05) is 20.8 Å². The first-order valence-corrected chi connectivity index (χ1v) is 5.44. The lowest BCUT2D eigenvalue weighted by atomic mass is 10.5. The first-order chi connectivity index (χ1) is 8.24. The van der Waals surface area contributed by atoms with Crippen molar-refractivity contribution < 1.29 is 9.15 Å². The van der Waals surface area contributed by atoms with E-state index in [4.69, 9.17) is 9.15 Å². The Balaban J connectivity index is 0.000000686. The molecule has 0 fully saturated rings. The van der Waals surface area contributed by atoms with Gasteiger partial charge in [-0.2, -0.15) is 0 Å². The third kappa shape index (κ3) is 4.18. The molecule has 17 heavy (non-hydrogen) atoms. The molecule has 0 saturated carbocycles. The molecule has 0 saturated heterocycles. The van der Waals surface area contributed by atoms with E-state index in [0.29, 0.717) is 17.7 Å². The molecule has 6 nitrogen and oxygen atoms in total. The third-order valence-corrected chi connectivity index (χ3v) is 1.67. The molecule has 2 rings (SSSR count). The molecule has 0 N–H and O–H groups in total. The lowest BCUT2D eigenvalue weighted by Crippen LogP contribution is -1.98. The van der Waals surface area contributed by atoms with Crippen LogP contribution < -0.4 is 4.74 Å². The SMILES string of the molecule is CC.Cc1cnc(OCc2nnc(C)o2)cn1. The summed E-state index contributed by atoms with van der Waals surface area (Å²) in [5, 5.41) is 7.47. The molecule has 0 bridgehead atoms. The number of ether oxygens (including phenoxy) is 1. The zero-order chi connectivity index (χ0) is 12.7. The molecule has 0 aliphatic rings. The topological polar surface area (TPSA) is 73.9 Å². The molecule has 0 amide bonds. The summed E-state index contributed by atoms with van der Waals surface area (Å²) in [6, 6.07) is 0. The van der Waals surface area contributed by atoms with Crippen molar-refractivity contribution in [3.8, 4) is 5.88 Å². The lowest BCUT2D eigenvalue weighted by molar-refractivity contribution is 0.250. The average molecular weight is 236 g/mol. The van der Waals surface area contributed by atoms with Gasteiger partial charge in [0.25, 0.3) is 5.89 Å². The second kappa shape index (κ2) is 6.57. The van der Waals surface area contributed by atoms with Gasteiger partial charge in [-0.15, -0.1) is 10.2 Å². The van der Waals surface area contributed by atoms with Crippen LogP contribution in [0.1, 0.15) is 31.3 Å². The van der Waals surface area contributed by atoms with Gasteiger partial charge in [-0.25, -0.2) is 4.98 Å². The fourth-order valence-electron chi connectivity index (χ4n) is 0.987. The van der Waals surface area contributed by atoms with Gasteiger partial charge in [-0.1, -0.05) is 13.8 Å². The first-order valence-electron chi connectivity index (χ1n) is 5.44. The van der Waals surface area contributed by atoms with Crippen LogP contribution in [0.15, 0.2) is 16.8 Å². The number of hydrogen-bond acceptors (Lipinski definition) is 6. The Morgan fingerprint density at radius 3 is 2.41 bits per heavy atom. The van der Waals surface area contributed by atoms with Gasteiger partial charge in [-0.3, -0.25) is 4.98 Å². The Bertz CT molecular complexity index is 439. The highest BCUT2D eigenvalue weighted by Crippen LogP contribution is 2.06. The molecule has 2 aromatic rings. The van der Waals surface area contributed by atoms with Gasteiger partial charge in [0.05, 0.1) is 18.1 Å². The van der Waals surface area contributed by atoms with Crippen molar-refractivity contribution in [2.24, 2.45) is 0 Å². The average Bonchev–Trinajstić information content (AvgIpc) is 2.77. The highest BCUT2D eigenvalue weighted by molar-refractivity contribution is 5.05. The summed E-state index contributed by atoms with van der Waals surface area (Å²) in [4.78, 5) is 8.07. The minimum Gasteiger partial charge on any atom is -0.466 e. The predicted molar refractivity (Wildman–Crippen MR) is 61.5 cm³/mol. The third-order valence-electron chi connectivity index (χ3n) is 1.67. The maximum Gasteiger partial charge on any atom is 0.253 e. The van der Waals surface area contributed by atoms with Gasteiger partial charge in [0, 0.05) is 6.92 Å². The zero-order valence-corrected chi connectivity index (χ0v) is 10.5. The van der Waals surface area contributed by atoms with E-state index >= 15 is 0 Å². The van der Waals surface area contributed by atoms with E-state index < -0.39 is 0 Å². The Hall–Kier alpha value is -1.98. The van der Waals surface area contributed by atoms with Crippen molar-refractivity contribution >= 4 is 0 Å². The second-order valence-corrected chi connectivity index (χ2v) is 3.00. The van der Waals surface area contributed by atoms with Crippen molar-refractivity contribution in [2.45, 2.75) is 34.3 Å². The van der Waals surface area contributed by atoms with E-state index in [2.05, 4.69) is 20.2 Å². The van der Waals surface area contributed by atoms with Crippen LogP contribution in [0.3, 0.4) is 0 Å². The van der Waals surface area contributed by atoms with Crippen LogP contribution in [-0.2, 0) is 6.61 Å². The maximum absolute atomic E-state index is 5.29. The Labute approximate surface area is 100 Å². The Kier molecular flexibility index (Phi) is 5.06. The van der Waals surface area contributed by atoms with Crippen LogP contribution >= 0.6 is 0 Å². The molecule has 0 radical (unpaired) electrons. The molecule has 0 aliphatic heterocycles. The van der Waals surface area contributed by atoms with Crippen LogP contribution in [0, 0.1) is 13.8 Å². The quantitative estimate of drug-likeness (QED) is 0.812. The van der Waals surface area contributed by atoms with Gasteiger partial charge in [-0.05, 0) is 6.92 Å². The summed E-state index contributed by atoms with van der Waals surface area (Å²) in [5.74, 6) is 1.38. The van der Waals surface area contributed by atoms with Crippen LogP contribution in [-0.4, -0.2) is 20.2 Å². The van der Waals surface area contributed by atoms with Crippen LogP contribution in [0.5, 0.6) is 5.88 Å². The van der Waals surface area contributed by atoms with Crippen LogP contribution in [0.25, 0.3) is 0 Å². The minimum absolute atomic E-state index is 0.207. The highest BCUT2D eigenvalue weighted by Gasteiger charge is 2.03. The molecular weight excluding hydrogens is 220 g/mol. The Morgan fingerprint density at radius 1 is 1.12 bits per heavy atom. The summed E-state index contributed by atoms with van der Waals surface area (Å²) < 4.78 is 10.4. The lowest BCUT2D eigenvalue weighted by Gasteiger charge is -2.00. The normalized spacial score (nSPS) is 9.41. The van der Waals surface area contributed by atoms with Gasteiger partial charge in [0.1, 0.15) is 0 Å². The molecule has 0 spiro atoms. The minimum atomic E-state index is 0.207. The number of aryl methyl sites for hydroxylation is 2. The molecule has 0 atom stereocenters. The van der Waals surface area contributed by atoms with E-state index in [9.17, 15) is 0 Å². The number of nitrogens with zero attached hydrogens (tertiary/aromatic N) is 4. The summed E-state index contributed by atoms with van der Waals surface area (Å²) in [7, 11) is 0. The fraction of sp³-hybridized carbons (Fsp3) is 0.455. The van der Waals surface area contributed by atoms with Crippen molar-refractivity contribution in [3.63, 3.8) is 0 Å². The first kappa shape index (κ1) is 13.1. The van der Waals surface area contributed by atoms with Crippen molar-refractivity contribution in [1.29, 1.82) is 0 Å². The zero-order valence-electron chi connectivity index (χ0n) is 10.5. The monoisotopic (exact) mass is 236 g/mol. The van der Waals surface area contributed by atoms with Crippen LogP contribution in [0.2, 0.25) is 0 Å². The summed E-state index contributed by atoms with van der Waals surface area (Å²) in [6.07, 6.45) is 3.19. The van der Waals surface area contributed by atoms with E-state index in [1.54, 1.807) is 19.3 Å². The van der Waals surface area contributed by atoms with Crippen LogP contribution in [0.4, 0.5) is 0 Å².